The molecule has 0 bridgehead atoms. The van der Waals surface area contributed by atoms with Gasteiger partial charge in [-0.15, -0.1) is 0 Å². The van der Waals surface area contributed by atoms with Gasteiger partial charge in [0.1, 0.15) is 11.5 Å². The number of hydrogen-bond acceptors (Lipinski definition) is 4. The first-order valence-electron chi connectivity index (χ1n) is 8.09. The van der Waals surface area contributed by atoms with Crippen molar-refractivity contribution in [3.8, 4) is 0 Å². The highest BCUT2D eigenvalue weighted by Crippen LogP contribution is 2.11. The second-order valence-corrected chi connectivity index (χ2v) is 5.95. The van der Waals surface area contributed by atoms with Crippen LogP contribution in [0.5, 0.6) is 0 Å². The number of nitrogens with one attached hydrogen (secondary N) is 2. The summed E-state index contributed by atoms with van der Waals surface area (Å²) in [5, 5.41) is 6.00. The van der Waals surface area contributed by atoms with Gasteiger partial charge in [-0.3, -0.25) is 4.79 Å². The van der Waals surface area contributed by atoms with Crippen molar-refractivity contribution in [2.24, 2.45) is 0 Å². The molecule has 0 aliphatic heterocycles. The maximum atomic E-state index is 12.2. The van der Waals surface area contributed by atoms with Crippen molar-refractivity contribution in [2.75, 3.05) is 10.6 Å². The average molecular weight is 332 g/mol. The summed E-state index contributed by atoms with van der Waals surface area (Å²) in [6.07, 6.45) is 3.04. The van der Waals surface area contributed by atoms with Gasteiger partial charge in [0.2, 0.25) is 0 Å². The number of rotatable bonds is 5. The van der Waals surface area contributed by atoms with Gasteiger partial charge in [0.15, 0.2) is 0 Å². The zero-order valence-electron chi connectivity index (χ0n) is 14.3. The van der Waals surface area contributed by atoms with Crippen LogP contribution in [0.3, 0.4) is 0 Å². The van der Waals surface area contributed by atoms with Crippen molar-refractivity contribution < 1.29 is 4.79 Å². The third kappa shape index (κ3) is 4.64. The first kappa shape index (κ1) is 16.6. The summed E-state index contributed by atoms with van der Waals surface area (Å²) in [5.41, 5.74) is 4.54. The summed E-state index contributed by atoms with van der Waals surface area (Å²) in [5.74, 6) is 0.355. The molecule has 0 aliphatic rings. The molecular formula is C20H20N4O. The fourth-order valence-electron chi connectivity index (χ4n) is 2.27. The second-order valence-electron chi connectivity index (χ2n) is 5.95. The van der Waals surface area contributed by atoms with Crippen LogP contribution in [-0.2, 0) is 6.54 Å². The van der Waals surface area contributed by atoms with E-state index in [0.29, 0.717) is 12.4 Å². The van der Waals surface area contributed by atoms with E-state index in [1.165, 1.54) is 11.8 Å². The van der Waals surface area contributed by atoms with E-state index in [2.05, 4.69) is 51.8 Å². The summed E-state index contributed by atoms with van der Waals surface area (Å²) >= 11 is 0. The highest BCUT2D eigenvalue weighted by atomic mass is 16.1. The van der Waals surface area contributed by atoms with Gasteiger partial charge in [-0.1, -0.05) is 47.5 Å². The summed E-state index contributed by atoms with van der Waals surface area (Å²) in [6.45, 7) is 4.71. The molecule has 0 saturated heterocycles. The zero-order chi connectivity index (χ0) is 17.6. The van der Waals surface area contributed by atoms with Crippen LogP contribution in [0, 0.1) is 13.8 Å². The zero-order valence-corrected chi connectivity index (χ0v) is 14.3. The van der Waals surface area contributed by atoms with Gasteiger partial charge < -0.3 is 10.6 Å². The van der Waals surface area contributed by atoms with Gasteiger partial charge in [0, 0.05) is 12.2 Å². The second kappa shape index (κ2) is 7.57. The van der Waals surface area contributed by atoms with E-state index in [4.69, 9.17) is 0 Å². The molecule has 0 fully saturated rings. The normalized spacial score (nSPS) is 10.3. The lowest BCUT2D eigenvalue weighted by molar-refractivity contribution is 0.102. The van der Waals surface area contributed by atoms with E-state index in [-0.39, 0.29) is 11.6 Å². The molecule has 3 rings (SSSR count). The van der Waals surface area contributed by atoms with Crippen LogP contribution < -0.4 is 10.6 Å². The number of carbonyl (C=O) groups excluding carboxylic acids is 1. The Labute approximate surface area is 147 Å². The topological polar surface area (TPSA) is 66.9 Å². The van der Waals surface area contributed by atoms with Gasteiger partial charge in [0.05, 0.1) is 12.4 Å². The SMILES string of the molecule is Cc1ccc(CNc2cnc(C(=O)Nc3ccc(C)cc3)cn2)cc1. The van der Waals surface area contributed by atoms with Crippen molar-refractivity contribution in [2.45, 2.75) is 20.4 Å². The molecule has 0 spiro atoms. The molecule has 1 amide bonds. The van der Waals surface area contributed by atoms with Crippen molar-refractivity contribution in [3.63, 3.8) is 0 Å². The maximum absolute atomic E-state index is 12.2. The third-order valence-electron chi connectivity index (χ3n) is 3.79. The van der Waals surface area contributed by atoms with E-state index in [9.17, 15) is 4.79 Å². The first-order chi connectivity index (χ1) is 12.1. The molecule has 0 saturated carbocycles. The van der Waals surface area contributed by atoms with Crippen molar-refractivity contribution in [3.05, 3.63) is 83.3 Å². The molecule has 126 valence electrons. The Morgan fingerprint density at radius 2 is 1.52 bits per heavy atom. The number of nitrogens with zero attached hydrogens (tertiary/aromatic N) is 2. The van der Waals surface area contributed by atoms with E-state index in [1.807, 2.05) is 31.2 Å². The van der Waals surface area contributed by atoms with Crippen LogP contribution >= 0.6 is 0 Å². The molecule has 0 atom stereocenters. The number of anilines is 2. The Morgan fingerprint density at radius 1 is 0.880 bits per heavy atom. The molecule has 5 heteroatoms. The number of benzene rings is 2. The Kier molecular flexibility index (Phi) is 5.04. The van der Waals surface area contributed by atoms with Gasteiger partial charge in [-0.25, -0.2) is 9.97 Å². The quantitative estimate of drug-likeness (QED) is 0.742. The highest BCUT2D eigenvalue weighted by Gasteiger charge is 2.08. The van der Waals surface area contributed by atoms with Crippen LogP contribution in [0.25, 0.3) is 0 Å². The van der Waals surface area contributed by atoms with Crippen LogP contribution in [0.2, 0.25) is 0 Å². The minimum absolute atomic E-state index is 0.276. The molecule has 25 heavy (non-hydrogen) atoms. The number of carbonyl (C=O) groups is 1. The summed E-state index contributed by atoms with van der Waals surface area (Å²) in [6, 6.07) is 15.9. The molecule has 2 N–H and O–H groups in total. The first-order valence-corrected chi connectivity index (χ1v) is 8.09. The molecular weight excluding hydrogens is 312 g/mol. The molecule has 1 heterocycles. The number of amides is 1. The van der Waals surface area contributed by atoms with Crippen molar-refractivity contribution in [1.82, 2.24) is 9.97 Å². The predicted octanol–water partition coefficient (Wildman–Crippen LogP) is 3.96. The molecule has 0 aliphatic carbocycles. The molecule has 0 unspecified atom stereocenters. The third-order valence-corrected chi connectivity index (χ3v) is 3.79. The van der Waals surface area contributed by atoms with Crippen LogP contribution in [0.15, 0.2) is 60.9 Å². The van der Waals surface area contributed by atoms with Crippen LogP contribution in [-0.4, -0.2) is 15.9 Å². The number of hydrogen-bond donors (Lipinski definition) is 2. The van der Waals surface area contributed by atoms with Crippen LogP contribution in [0.1, 0.15) is 27.2 Å². The summed E-state index contributed by atoms with van der Waals surface area (Å²) in [7, 11) is 0. The minimum atomic E-state index is -0.276. The summed E-state index contributed by atoms with van der Waals surface area (Å²) in [4.78, 5) is 20.6. The van der Waals surface area contributed by atoms with Gasteiger partial charge in [0.25, 0.3) is 5.91 Å². The van der Waals surface area contributed by atoms with Gasteiger partial charge in [-0.05, 0) is 31.5 Å². The Hall–Kier alpha value is -3.21. The average Bonchev–Trinajstić information content (AvgIpc) is 2.63. The lowest BCUT2D eigenvalue weighted by Crippen LogP contribution is -2.14. The van der Waals surface area contributed by atoms with E-state index in [0.717, 1.165) is 16.8 Å². The van der Waals surface area contributed by atoms with Crippen molar-refractivity contribution >= 4 is 17.4 Å². The van der Waals surface area contributed by atoms with Crippen LogP contribution in [0.4, 0.5) is 11.5 Å². The number of aryl methyl sites for hydroxylation is 2. The minimum Gasteiger partial charge on any atom is -0.365 e. The molecule has 0 radical (unpaired) electrons. The van der Waals surface area contributed by atoms with E-state index in [1.54, 1.807) is 6.20 Å². The lowest BCUT2D eigenvalue weighted by Gasteiger charge is -2.07. The van der Waals surface area contributed by atoms with Crippen molar-refractivity contribution in [1.29, 1.82) is 0 Å². The van der Waals surface area contributed by atoms with E-state index < -0.39 is 0 Å². The summed E-state index contributed by atoms with van der Waals surface area (Å²) < 4.78 is 0. The standard InChI is InChI=1S/C20H20N4O/c1-14-3-7-16(8-4-14)11-22-19-13-21-18(12-23-19)20(25)24-17-9-5-15(2)6-10-17/h3-10,12-13H,11H2,1-2H3,(H,22,23)(H,24,25). The monoisotopic (exact) mass is 332 g/mol. The van der Waals surface area contributed by atoms with Gasteiger partial charge in [-0.2, -0.15) is 0 Å². The highest BCUT2D eigenvalue weighted by molar-refractivity contribution is 6.02. The Bertz CT molecular complexity index is 840. The molecule has 1 aromatic heterocycles. The molecule has 2 aromatic carbocycles. The molecule has 3 aromatic rings. The fraction of sp³-hybridized carbons (Fsp3) is 0.150. The number of aromatic nitrogens is 2. The van der Waals surface area contributed by atoms with E-state index >= 15 is 0 Å². The Balaban J connectivity index is 1.58. The maximum Gasteiger partial charge on any atom is 0.275 e. The predicted molar refractivity (Wildman–Crippen MR) is 99.7 cm³/mol. The smallest absolute Gasteiger partial charge is 0.275 e. The largest absolute Gasteiger partial charge is 0.365 e. The molecule has 5 nitrogen and oxygen atoms in total. The fourth-order valence-corrected chi connectivity index (χ4v) is 2.27. The van der Waals surface area contributed by atoms with Gasteiger partial charge >= 0.3 is 0 Å². The Morgan fingerprint density at radius 3 is 2.12 bits per heavy atom. The lowest BCUT2D eigenvalue weighted by atomic mass is 10.1.